The molecule has 0 radical (unpaired) electrons. The van der Waals surface area contributed by atoms with Gasteiger partial charge in [-0.05, 0) is 43.5 Å². The Labute approximate surface area is 135 Å². The van der Waals surface area contributed by atoms with Crippen molar-refractivity contribution in [2.45, 2.75) is 26.4 Å². The molecule has 0 saturated carbocycles. The fourth-order valence-corrected chi connectivity index (χ4v) is 3.05. The van der Waals surface area contributed by atoms with Gasteiger partial charge in [-0.1, -0.05) is 12.1 Å². The van der Waals surface area contributed by atoms with E-state index in [9.17, 15) is 9.90 Å². The average molecular weight is 314 g/mol. The molecule has 1 aromatic heterocycles. The number of hydrogen-bond acceptors (Lipinski definition) is 4. The van der Waals surface area contributed by atoms with Crippen molar-refractivity contribution in [3.8, 4) is 0 Å². The van der Waals surface area contributed by atoms with Crippen LogP contribution >= 0.6 is 0 Å². The number of fused-ring (bicyclic) bond motifs is 1. The maximum atomic E-state index is 12.2. The van der Waals surface area contributed by atoms with Crippen LogP contribution in [0.25, 0.3) is 0 Å². The molecule has 0 saturated heterocycles. The predicted molar refractivity (Wildman–Crippen MR) is 88.9 cm³/mol. The third-order valence-electron chi connectivity index (χ3n) is 4.36. The van der Waals surface area contributed by atoms with E-state index in [1.54, 1.807) is 19.9 Å². The van der Waals surface area contributed by atoms with E-state index in [0.29, 0.717) is 17.1 Å². The van der Waals surface area contributed by atoms with Crippen molar-refractivity contribution >= 4 is 11.6 Å². The van der Waals surface area contributed by atoms with Gasteiger partial charge in [0.15, 0.2) is 0 Å². The molecule has 5 heteroatoms. The van der Waals surface area contributed by atoms with Crippen LogP contribution in [0.5, 0.6) is 0 Å². The molecule has 122 valence electrons. The van der Waals surface area contributed by atoms with Gasteiger partial charge in [0.25, 0.3) is 5.91 Å². The van der Waals surface area contributed by atoms with Crippen LogP contribution in [0.1, 0.15) is 39.1 Å². The number of furan rings is 1. The van der Waals surface area contributed by atoms with Crippen molar-refractivity contribution in [1.82, 2.24) is 5.32 Å². The van der Waals surface area contributed by atoms with Crippen molar-refractivity contribution < 1.29 is 14.3 Å². The molecule has 0 spiro atoms. The van der Waals surface area contributed by atoms with E-state index < -0.39 is 6.10 Å². The second-order valence-electron chi connectivity index (χ2n) is 6.11. The number of nitrogens with zero attached hydrogens (tertiary/aromatic N) is 1. The molecule has 0 bridgehead atoms. The molecule has 1 aliphatic heterocycles. The maximum absolute atomic E-state index is 12.2. The van der Waals surface area contributed by atoms with Gasteiger partial charge >= 0.3 is 0 Å². The standard InChI is InChI=1S/C18H22N2O3/c1-11-8-15(12(2)23-11)18(22)19-10-17(21)14-4-5-16-13(9-14)6-7-20(16)3/h4-5,8-9,17,21H,6-7,10H2,1-3H3,(H,19,22). The molecule has 1 aliphatic rings. The second-order valence-corrected chi connectivity index (χ2v) is 6.11. The highest BCUT2D eigenvalue weighted by molar-refractivity contribution is 5.95. The zero-order chi connectivity index (χ0) is 16.6. The van der Waals surface area contributed by atoms with Gasteiger partial charge < -0.3 is 19.7 Å². The Morgan fingerprint density at radius 2 is 2.17 bits per heavy atom. The molecule has 0 aliphatic carbocycles. The monoisotopic (exact) mass is 314 g/mol. The lowest BCUT2D eigenvalue weighted by atomic mass is 10.0. The molecule has 1 unspecified atom stereocenters. The fraction of sp³-hybridized carbons (Fsp3) is 0.389. The van der Waals surface area contributed by atoms with E-state index in [1.807, 2.05) is 18.2 Å². The molecule has 1 amide bonds. The highest BCUT2D eigenvalue weighted by Gasteiger charge is 2.19. The van der Waals surface area contributed by atoms with Crippen molar-refractivity contribution in [3.63, 3.8) is 0 Å². The van der Waals surface area contributed by atoms with Crippen LogP contribution in [-0.2, 0) is 6.42 Å². The van der Waals surface area contributed by atoms with Crippen molar-refractivity contribution in [1.29, 1.82) is 0 Å². The van der Waals surface area contributed by atoms with Gasteiger partial charge in [0.1, 0.15) is 11.5 Å². The average Bonchev–Trinajstić information content (AvgIpc) is 3.06. The number of aryl methyl sites for hydroxylation is 2. The van der Waals surface area contributed by atoms with E-state index in [4.69, 9.17) is 4.42 Å². The minimum absolute atomic E-state index is 0.178. The van der Waals surface area contributed by atoms with Crippen LogP contribution < -0.4 is 10.2 Å². The van der Waals surface area contributed by atoms with E-state index in [1.165, 1.54) is 11.3 Å². The molecule has 3 rings (SSSR count). The first kappa shape index (κ1) is 15.6. The van der Waals surface area contributed by atoms with Crippen LogP contribution in [0.3, 0.4) is 0 Å². The predicted octanol–water partition coefficient (Wildman–Crippen LogP) is 2.35. The summed E-state index contributed by atoms with van der Waals surface area (Å²) < 4.78 is 5.36. The van der Waals surface area contributed by atoms with Gasteiger partial charge in [0, 0.05) is 25.8 Å². The number of hydrogen-bond donors (Lipinski definition) is 2. The van der Waals surface area contributed by atoms with Crippen molar-refractivity contribution in [2.24, 2.45) is 0 Å². The Bertz CT molecular complexity index is 736. The topological polar surface area (TPSA) is 65.7 Å². The number of amides is 1. The molecule has 2 heterocycles. The van der Waals surface area contributed by atoms with Gasteiger partial charge in [-0.25, -0.2) is 0 Å². The summed E-state index contributed by atoms with van der Waals surface area (Å²) in [5, 5.41) is 13.1. The van der Waals surface area contributed by atoms with Crippen LogP contribution in [-0.4, -0.2) is 31.2 Å². The van der Waals surface area contributed by atoms with Crippen LogP contribution in [0, 0.1) is 13.8 Å². The minimum Gasteiger partial charge on any atom is -0.466 e. The SMILES string of the molecule is Cc1cc(C(=O)NCC(O)c2ccc3c(c2)CCN3C)c(C)o1. The lowest BCUT2D eigenvalue weighted by Gasteiger charge is -2.15. The summed E-state index contributed by atoms with van der Waals surface area (Å²) in [6.45, 7) is 4.75. The van der Waals surface area contributed by atoms with E-state index in [0.717, 1.165) is 18.5 Å². The number of nitrogens with one attached hydrogen (secondary N) is 1. The summed E-state index contributed by atoms with van der Waals surface area (Å²) >= 11 is 0. The van der Waals surface area contributed by atoms with Gasteiger partial charge in [-0.3, -0.25) is 4.79 Å². The van der Waals surface area contributed by atoms with Gasteiger partial charge in [0.05, 0.1) is 11.7 Å². The van der Waals surface area contributed by atoms with E-state index in [2.05, 4.69) is 17.3 Å². The smallest absolute Gasteiger partial charge is 0.254 e. The minimum atomic E-state index is -0.719. The Hall–Kier alpha value is -2.27. The number of aliphatic hydroxyl groups excluding tert-OH is 1. The highest BCUT2D eigenvalue weighted by atomic mass is 16.3. The number of likely N-dealkylation sites (N-methyl/N-ethyl adjacent to an activating group) is 1. The number of anilines is 1. The molecule has 1 aromatic carbocycles. The third-order valence-corrected chi connectivity index (χ3v) is 4.36. The first-order valence-corrected chi connectivity index (χ1v) is 7.83. The molecule has 23 heavy (non-hydrogen) atoms. The van der Waals surface area contributed by atoms with Crippen LogP contribution in [0.2, 0.25) is 0 Å². The number of carbonyl (C=O) groups excluding carboxylic acids is 1. The Morgan fingerprint density at radius 1 is 1.39 bits per heavy atom. The third kappa shape index (κ3) is 3.10. The first-order chi connectivity index (χ1) is 11.0. The summed E-state index contributed by atoms with van der Waals surface area (Å²) in [5.74, 6) is 1.07. The summed E-state index contributed by atoms with van der Waals surface area (Å²) in [4.78, 5) is 14.4. The summed E-state index contributed by atoms with van der Waals surface area (Å²) in [6.07, 6.45) is 0.273. The lowest BCUT2D eigenvalue weighted by Crippen LogP contribution is -2.28. The van der Waals surface area contributed by atoms with E-state index in [-0.39, 0.29) is 12.5 Å². The zero-order valence-electron chi connectivity index (χ0n) is 13.7. The summed E-state index contributed by atoms with van der Waals surface area (Å²) in [5.41, 5.74) is 3.82. The Kier molecular flexibility index (Phi) is 4.13. The largest absolute Gasteiger partial charge is 0.466 e. The van der Waals surface area contributed by atoms with Gasteiger partial charge in [0.2, 0.25) is 0 Å². The lowest BCUT2D eigenvalue weighted by molar-refractivity contribution is 0.0915. The maximum Gasteiger partial charge on any atom is 0.254 e. The summed E-state index contributed by atoms with van der Waals surface area (Å²) in [7, 11) is 2.07. The van der Waals surface area contributed by atoms with Gasteiger partial charge in [-0.15, -0.1) is 0 Å². The number of benzene rings is 1. The molecule has 1 atom stereocenters. The normalized spacial score (nSPS) is 14.7. The molecule has 2 N–H and O–H groups in total. The fourth-order valence-electron chi connectivity index (χ4n) is 3.05. The quantitative estimate of drug-likeness (QED) is 0.909. The number of rotatable bonds is 4. The van der Waals surface area contributed by atoms with Crippen molar-refractivity contribution in [2.75, 3.05) is 25.0 Å². The second kappa shape index (κ2) is 6.08. The van der Waals surface area contributed by atoms with Crippen LogP contribution in [0.15, 0.2) is 28.7 Å². The highest BCUT2D eigenvalue weighted by Crippen LogP contribution is 2.29. The molecule has 5 nitrogen and oxygen atoms in total. The number of aliphatic hydroxyl groups is 1. The van der Waals surface area contributed by atoms with Crippen LogP contribution in [0.4, 0.5) is 5.69 Å². The Morgan fingerprint density at radius 3 is 2.87 bits per heavy atom. The molecule has 0 fully saturated rings. The van der Waals surface area contributed by atoms with Gasteiger partial charge in [-0.2, -0.15) is 0 Å². The number of carbonyl (C=O) groups is 1. The molecular formula is C18H22N2O3. The first-order valence-electron chi connectivity index (χ1n) is 7.83. The summed E-state index contributed by atoms with van der Waals surface area (Å²) in [6, 6.07) is 7.70. The van der Waals surface area contributed by atoms with E-state index >= 15 is 0 Å². The molecule has 2 aromatic rings. The Balaban J connectivity index is 1.65. The van der Waals surface area contributed by atoms with Crippen molar-refractivity contribution in [3.05, 3.63) is 52.5 Å². The molecular weight excluding hydrogens is 292 g/mol. The zero-order valence-corrected chi connectivity index (χ0v) is 13.7.